The number of nitrogens with zero attached hydrogens (tertiary/aromatic N) is 4. The lowest BCUT2D eigenvalue weighted by molar-refractivity contribution is -0.0497. The first-order valence-corrected chi connectivity index (χ1v) is 9.29. The standard InChI is InChI=1S/C21H17F2N5O2/c22-21(23)30-15-4-5-17-16(9-15)19(13(10-24)11-26-17)27-14-6-8-28(12-14)20(29)18-3-1-2-7-25-18/h1-5,7,9,11,14,21H,6,8,12H2,(H,26,27). The van der Waals surface area contributed by atoms with E-state index in [4.69, 9.17) is 0 Å². The molecule has 9 heteroatoms. The molecule has 2 aromatic heterocycles. The van der Waals surface area contributed by atoms with Crippen molar-refractivity contribution in [3.8, 4) is 11.8 Å². The van der Waals surface area contributed by atoms with Crippen molar-refractivity contribution in [2.75, 3.05) is 18.4 Å². The molecular formula is C21H17F2N5O2. The molecule has 1 aliphatic heterocycles. The molecule has 1 atom stereocenters. The van der Waals surface area contributed by atoms with Crippen LogP contribution < -0.4 is 10.1 Å². The van der Waals surface area contributed by atoms with Crippen LogP contribution in [0, 0.1) is 11.3 Å². The third-order valence-corrected chi connectivity index (χ3v) is 4.89. The second kappa shape index (κ2) is 8.29. The van der Waals surface area contributed by atoms with Gasteiger partial charge in [-0.2, -0.15) is 14.0 Å². The topological polar surface area (TPSA) is 91.1 Å². The maximum Gasteiger partial charge on any atom is 0.387 e. The van der Waals surface area contributed by atoms with Gasteiger partial charge in [0.15, 0.2) is 0 Å². The summed E-state index contributed by atoms with van der Waals surface area (Å²) in [5.41, 5.74) is 1.68. The molecule has 7 nitrogen and oxygen atoms in total. The van der Waals surface area contributed by atoms with E-state index in [1.54, 1.807) is 35.4 Å². The van der Waals surface area contributed by atoms with Crippen molar-refractivity contribution in [1.29, 1.82) is 5.26 Å². The summed E-state index contributed by atoms with van der Waals surface area (Å²) in [5, 5.41) is 13.3. The van der Waals surface area contributed by atoms with Gasteiger partial charge in [0.1, 0.15) is 17.5 Å². The fourth-order valence-electron chi connectivity index (χ4n) is 3.51. The van der Waals surface area contributed by atoms with Gasteiger partial charge in [-0.05, 0) is 36.8 Å². The average Bonchev–Trinajstić information content (AvgIpc) is 3.22. The number of hydrogen-bond donors (Lipinski definition) is 1. The van der Waals surface area contributed by atoms with E-state index in [0.717, 1.165) is 0 Å². The minimum Gasteiger partial charge on any atom is -0.435 e. The van der Waals surface area contributed by atoms with Crippen molar-refractivity contribution in [3.63, 3.8) is 0 Å². The van der Waals surface area contributed by atoms with Crippen LogP contribution in [0.15, 0.2) is 48.8 Å². The first-order valence-electron chi connectivity index (χ1n) is 9.29. The molecule has 1 saturated heterocycles. The Bertz CT molecular complexity index is 1120. The molecule has 30 heavy (non-hydrogen) atoms. The highest BCUT2D eigenvalue weighted by atomic mass is 19.3. The van der Waals surface area contributed by atoms with Crippen molar-refractivity contribution in [2.45, 2.75) is 19.1 Å². The predicted octanol–water partition coefficient (Wildman–Crippen LogP) is 3.43. The van der Waals surface area contributed by atoms with E-state index >= 15 is 0 Å². The number of anilines is 1. The van der Waals surface area contributed by atoms with Gasteiger partial charge >= 0.3 is 6.61 Å². The number of carbonyl (C=O) groups is 1. The molecule has 152 valence electrons. The first kappa shape index (κ1) is 19.5. The normalized spacial score (nSPS) is 15.9. The highest BCUT2D eigenvalue weighted by molar-refractivity contribution is 5.95. The Kier molecular flexibility index (Phi) is 5.39. The number of fused-ring (bicyclic) bond motifs is 1. The van der Waals surface area contributed by atoms with Crippen LogP contribution in [0.2, 0.25) is 0 Å². The van der Waals surface area contributed by atoms with Gasteiger partial charge in [0.25, 0.3) is 5.91 Å². The number of hydrogen-bond acceptors (Lipinski definition) is 6. The van der Waals surface area contributed by atoms with Gasteiger partial charge in [0, 0.05) is 36.9 Å². The maximum atomic E-state index is 12.6. The van der Waals surface area contributed by atoms with Crippen LogP contribution in [0.4, 0.5) is 14.5 Å². The second-order valence-electron chi connectivity index (χ2n) is 6.81. The zero-order valence-electron chi connectivity index (χ0n) is 15.8. The largest absolute Gasteiger partial charge is 0.435 e. The lowest BCUT2D eigenvalue weighted by atomic mass is 10.1. The van der Waals surface area contributed by atoms with Crippen LogP contribution in [0.3, 0.4) is 0 Å². The van der Waals surface area contributed by atoms with Crippen molar-refractivity contribution in [1.82, 2.24) is 14.9 Å². The number of ether oxygens (including phenoxy) is 1. The van der Waals surface area contributed by atoms with Crippen molar-refractivity contribution in [3.05, 3.63) is 60.0 Å². The van der Waals surface area contributed by atoms with E-state index in [2.05, 4.69) is 26.1 Å². The van der Waals surface area contributed by atoms with Crippen LogP contribution in [-0.2, 0) is 0 Å². The molecule has 0 radical (unpaired) electrons. The zero-order chi connectivity index (χ0) is 21.1. The number of pyridine rings is 2. The Morgan fingerprint density at radius 3 is 2.90 bits per heavy atom. The number of nitrogens with one attached hydrogen (secondary N) is 1. The van der Waals surface area contributed by atoms with E-state index in [-0.39, 0.29) is 23.3 Å². The Morgan fingerprint density at radius 2 is 2.17 bits per heavy atom. The lowest BCUT2D eigenvalue weighted by Crippen LogP contribution is -2.32. The van der Waals surface area contributed by atoms with Crippen molar-refractivity contribution in [2.24, 2.45) is 0 Å². The molecule has 1 fully saturated rings. The summed E-state index contributed by atoms with van der Waals surface area (Å²) >= 11 is 0. The number of benzene rings is 1. The summed E-state index contributed by atoms with van der Waals surface area (Å²) in [4.78, 5) is 22.6. The van der Waals surface area contributed by atoms with Gasteiger partial charge in [0.05, 0.1) is 16.8 Å². The molecule has 1 aromatic carbocycles. The fourth-order valence-corrected chi connectivity index (χ4v) is 3.51. The van der Waals surface area contributed by atoms with Crippen LogP contribution in [0.25, 0.3) is 10.9 Å². The van der Waals surface area contributed by atoms with Gasteiger partial charge in [-0.15, -0.1) is 0 Å². The zero-order valence-corrected chi connectivity index (χ0v) is 15.8. The minimum atomic E-state index is -2.95. The molecule has 1 aliphatic rings. The molecule has 1 amide bonds. The number of likely N-dealkylation sites (tertiary alicyclic amines) is 1. The minimum absolute atomic E-state index is 0.0178. The Morgan fingerprint density at radius 1 is 1.30 bits per heavy atom. The number of rotatable bonds is 5. The molecule has 3 heterocycles. The van der Waals surface area contributed by atoms with Gasteiger partial charge in [-0.25, -0.2) is 0 Å². The number of amides is 1. The summed E-state index contributed by atoms with van der Waals surface area (Å²) in [6, 6.07) is 11.5. The van der Waals surface area contributed by atoms with Crippen LogP contribution in [0.1, 0.15) is 22.5 Å². The monoisotopic (exact) mass is 409 g/mol. The highest BCUT2D eigenvalue weighted by Crippen LogP contribution is 2.31. The number of halogens is 2. The molecule has 3 aromatic rings. The average molecular weight is 409 g/mol. The molecule has 4 rings (SSSR count). The Balaban J connectivity index is 1.58. The Labute approximate surface area is 170 Å². The summed E-state index contributed by atoms with van der Waals surface area (Å²) in [6.07, 6.45) is 3.67. The SMILES string of the molecule is N#Cc1cnc2ccc(OC(F)F)cc2c1NC1CCN(C(=O)c2ccccn2)C1. The molecule has 0 bridgehead atoms. The molecular weight excluding hydrogens is 392 g/mol. The number of aromatic nitrogens is 2. The summed E-state index contributed by atoms with van der Waals surface area (Å²) in [7, 11) is 0. The van der Waals surface area contributed by atoms with E-state index < -0.39 is 6.61 Å². The molecule has 1 N–H and O–H groups in total. The number of nitriles is 1. The molecule has 0 aliphatic carbocycles. The first-order chi connectivity index (χ1) is 14.5. The molecule has 0 saturated carbocycles. The molecule has 0 spiro atoms. The van der Waals surface area contributed by atoms with E-state index in [1.807, 2.05) is 0 Å². The summed E-state index contributed by atoms with van der Waals surface area (Å²) < 4.78 is 29.7. The Hall–Kier alpha value is -3.80. The predicted molar refractivity (Wildman–Crippen MR) is 105 cm³/mol. The van der Waals surface area contributed by atoms with Crippen LogP contribution >= 0.6 is 0 Å². The van der Waals surface area contributed by atoms with Crippen molar-refractivity contribution < 1.29 is 18.3 Å². The highest BCUT2D eigenvalue weighted by Gasteiger charge is 2.28. The fraction of sp³-hybridized carbons (Fsp3) is 0.238. The number of alkyl halides is 2. The van der Waals surface area contributed by atoms with Crippen LogP contribution in [-0.4, -0.2) is 46.5 Å². The molecule has 1 unspecified atom stereocenters. The lowest BCUT2D eigenvalue weighted by Gasteiger charge is -2.19. The van der Waals surface area contributed by atoms with E-state index in [0.29, 0.717) is 41.8 Å². The van der Waals surface area contributed by atoms with Gasteiger partial charge in [0.2, 0.25) is 0 Å². The van der Waals surface area contributed by atoms with E-state index in [1.165, 1.54) is 18.3 Å². The second-order valence-corrected chi connectivity index (χ2v) is 6.81. The van der Waals surface area contributed by atoms with Gasteiger partial charge in [-0.3, -0.25) is 14.8 Å². The maximum absolute atomic E-state index is 12.6. The van der Waals surface area contributed by atoms with E-state index in [9.17, 15) is 18.8 Å². The third kappa shape index (κ3) is 3.98. The van der Waals surface area contributed by atoms with Gasteiger partial charge < -0.3 is 15.0 Å². The smallest absolute Gasteiger partial charge is 0.387 e. The third-order valence-electron chi connectivity index (χ3n) is 4.89. The quantitative estimate of drug-likeness (QED) is 0.694. The summed E-state index contributed by atoms with van der Waals surface area (Å²) in [6.45, 7) is -1.98. The van der Waals surface area contributed by atoms with Gasteiger partial charge in [-0.1, -0.05) is 6.07 Å². The summed E-state index contributed by atoms with van der Waals surface area (Å²) in [5.74, 6) is -0.177. The van der Waals surface area contributed by atoms with Crippen molar-refractivity contribution >= 4 is 22.5 Å². The van der Waals surface area contributed by atoms with Crippen LogP contribution in [0.5, 0.6) is 5.75 Å². The number of carbonyl (C=O) groups excluding carboxylic acids is 1.